The lowest BCUT2D eigenvalue weighted by molar-refractivity contribution is -0.114. The zero-order chi connectivity index (χ0) is 27.0. The van der Waals surface area contributed by atoms with Crippen LogP contribution in [0.1, 0.15) is 43.1 Å². The largest absolute Gasteiger partial charge is 0.492 e. The minimum Gasteiger partial charge on any atom is -0.492 e. The average Bonchev–Trinajstić information content (AvgIpc) is 2.88. The fourth-order valence-electron chi connectivity index (χ4n) is 3.59. The molecule has 0 spiro atoms. The van der Waals surface area contributed by atoms with Crippen LogP contribution >= 0.6 is 0 Å². The van der Waals surface area contributed by atoms with Crippen LogP contribution in [0.5, 0.6) is 5.75 Å². The quantitative estimate of drug-likeness (QED) is 0.377. The van der Waals surface area contributed by atoms with Crippen molar-refractivity contribution in [2.45, 2.75) is 45.1 Å². The zero-order valence-corrected chi connectivity index (χ0v) is 22.3. The van der Waals surface area contributed by atoms with Crippen molar-refractivity contribution in [3.63, 3.8) is 0 Å². The monoisotopic (exact) mass is 523 g/mol. The van der Waals surface area contributed by atoms with Gasteiger partial charge in [-0.25, -0.2) is 8.42 Å². The lowest BCUT2D eigenvalue weighted by Gasteiger charge is -2.26. The molecular weight excluding hydrogens is 490 g/mol. The lowest BCUT2D eigenvalue weighted by Crippen LogP contribution is -2.39. The minimum atomic E-state index is -4.13. The Morgan fingerprint density at radius 3 is 2.27 bits per heavy atom. The Morgan fingerprint density at radius 1 is 0.946 bits per heavy atom. The number of ether oxygens (including phenoxy) is 1. The fraction of sp³-hybridized carbons (Fsp3) is 0.286. The van der Waals surface area contributed by atoms with Gasteiger partial charge in [0, 0.05) is 6.04 Å². The molecule has 0 aliphatic carbocycles. The van der Waals surface area contributed by atoms with Crippen molar-refractivity contribution in [2.75, 3.05) is 22.8 Å². The molecule has 0 heterocycles. The molecule has 37 heavy (non-hydrogen) atoms. The molecule has 3 rings (SSSR count). The highest BCUT2D eigenvalue weighted by Crippen LogP contribution is 2.32. The molecule has 9 heteroatoms. The first-order valence-electron chi connectivity index (χ1n) is 12.2. The van der Waals surface area contributed by atoms with Gasteiger partial charge in [-0.15, -0.1) is 0 Å². The van der Waals surface area contributed by atoms with Gasteiger partial charge in [0.25, 0.3) is 15.9 Å². The maximum absolute atomic E-state index is 13.7. The Kier molecular flexibility index (Phi) is 9.30. The number of anilines is 2. The number of sulfonamides is 1. The first kappa shape index (κ1) is 27.7. The smallest absolute Gasteiger partial charge is 0.264 e. The zero-order valence-electron chi connectivity index (χ0n) is 21.5. The lowest BCUT2D eigenvalue weighted by atomic mass is 10.1. The summed E-state index contributed by atoms with van der Waals surface area (Å²) in [5, 5.41) is 5.61. The molecule has 0 radical (unpaired) electrons. The number of nitrogens with one attached hydrogen (secondary N) is 2. The second-order valence-corrected chi connectivity index (χ2v) is 10.5. The molecule has 0 saturated heterocycles. The van der Waals surface area contributed by atoms with E-state index >= 15 is 0 Å². The van der Waals surface area contributed by atoms with Gasteiger partial charge in [-0.05, 0) is 63.6 Å². The number of hydrogen-bond acceptors (Lipinski definition) is 5. The summed E-state index contributed by atoms with van der Waals surface area (Å²) >= 11 is 0. The van der Waals surface area contributed by atoms with Gasteiger partial charge in [-0.2, -0.15) is 0 Å². The molecule has 0 saturated carbocycles. The normalized spacial score (nSPS) is 11.9. The van der Waals surface area contributed by atoms with Crippen molar-refractivity contribution in [3.8, 4) is 5.75 Å². The number of aryl methyl sites for hydroxylation is 1. The van der Waals surface area contributed by atoms with Crippen molar-refractivity contribution in [1.29, 1.82) is 0 Å². The average molecular weight is 524 g/mol. The Morgan fingerprint density at radius 2 is 1.59 bits per heavy atom. The minimum absolute atomic E-state index is 0.0403. The van der Waals surface area contributed by atoms with E-state index in [0.29, 0.717) is 23.6 Å². The molecule has 0 aliphatic rings. The van der Waals surface area contributed by atoms with Crippen molar-refractivity contribution in [2.24, 2.45) is 0 Å². The molecule has 1 atom stereocenters. The molecule has 0 unspecified atom stereocenters. The summed E-state index contributed by atoms with van der Waals surface area (Å²) in [6.45, 7) is 7.30. The third-order valence-electron chi connectivity index (χ3n) is 5.77. The molecule has 8 nitrogen and oxygen atoms in total. The van der Waals surface area contributed by atoms with Gasteiger partial charge < -0.3 is 15.4 Å². The Hall–Kier alpha value is -3.85. The van der Waals surface area contributed by atoms with Gasteiger partial charge in [0.05, 0.1) is 28.4 Å². The van der Waals surface area contributed by atoms with Crippen LogP contribution in [-0.2, 0) is 14.8 Å². The molecule has 3 aromatic rings. The SMILES string of the molecule is CCOc1ccccc1N(CC(=O)Nc1ccccc1C(=O)N[C@@H](C)CC)S(=O)(=O)c1ccc(C)cc1. The van der Waals surface area contributed by atoms with Gasteiger partial charge in [-0.1, -0.05) is 48.9 Å². The summed E-state index contributed by atoms with van der Waals surface area (Å²) in [5.41, 5.74) is 1.73. The van der Waals surface area contributed by atoms with E-state index in [9.17, 15) is 18.0 Å². The van der Waals surface area contributed by atoms with Crippen molar-refractivity contribution >= 4 is 33.2 Å². The summed E-state index contributed by atoms with van der Waals surface area (Å²) < 4.78 is 34.2. The van der Waals surface area contributed by atoms with Crippen molar-refractivity contribution < 1.29 is 22.7 Å². The van der Waals surface area contributed by atoms with Gasteiger partial charge >= 0.3 is 0 Å². The maximum Gasteiger partial charge on any atom is 0.264 e. The topological polar surface area (TPSA) is 105 Å². The summed E-state index contributed by atoms with van der Waals surface area (Å²) in [6.07, 6.45) is 0.755. The van der Waals surface area contributed by atoms with Crippen LogP contribution in [0.3, 0.4) is 0 Å². The number of para-hydroxylation sites is 3. The van der Waals surface area contributed by atoms with E-state index in [1.807, 2.05) is 20.8 Å². The molecule has 0 aliphatic heterocycles. The predicted molar refractivity (Wildman–Crippen MR) is 146 cm³/mol. The maximum atomic E-state index is 13.7. The first-order chi connectivity index (χ1) is 17.7. The van der Waals surface area contributed by atoms with E-state index in [-0.39, 0.29) is 22.5 Å². The number of benzene rings is 3. The summed E-state index contributed by atoms with van der Waals surface area (Å²) in [6, 6.07) is 19.7. The molecule has 2 N–H and O–H groups in total. The fourth-order valence-corrected chi connectivity index (χ4v) is 5.02. The summed E-state index contributed by atoms with van der Waals surface area (Å²) in [7, 11) is -4.13. The van der Waals surface area contributed by atoms with Gasteiger partial charge in [-0.3, -0.25) is 13.9 Å². The molecule has 0 aromatic heterocycles. The first-order valence-corrected chi connectivity index (χ1v) is 13.6. The Bertz CT molecular complexity index is 1340. The van der Waals surface area contributed by atoms with Crippen LogP contribution in [0.15, 0.2) is 77.7 Å². The van der Waals surface area contributed by atoms with E-state index in [1.54, 1.807) is 67.6 Å². The summed E-state index contributed by atoms with van der Waals surface area (Å²) in [5.74, 6) is -0.594. The number of carbonyl (C=O) groups excluding carboxylic acids is 2. The number of amides is 2. The van der Waals surface area contributed by atoms with E-state index < -0.39 is 22.5 Å². The number of carbonyl (C=O) groups is 2. The van der Waals surface area contributed by atoms with Crippen LogP contribution in [0, 0.1) is 6.92 Å². The second kappa shape index (κ2) is 12.4. The molecule has 196 valence electrons. The summed E-state index contributed by atoms with van der Waals surface area (Å²) in [4.78, 5) is 26.1. The third kappa shape index (κ3) is 6.89. The molecular formula is C28H33N3O5S. The Labute approximate surface area is 218 Å². The second-order valence-electron chi connectivity index (χ2n) is 8.60. The third-order valence-corrected chi connectivity index (χ3v) is 7.54. The van der Waals surface area contributed by atoms with E-state index in [2.05, 4.69) is 10.6 Å². The van der Waals surface area contributed by atoms with Gasteiger partial charge in [0.2, 0.25) is 5.91 Å². The van der Waals surface area contributed by atoms with Crippen molar-refractivity contribution in [3.05, 3.63) is 83.9 Å². The highest BCUT2D eigenvalue weighted by atomic mass is 32.2. The highest BCUT2D eigenvalue weighted by Gasteiger charge is 2.30. The van der Waals surface area contributed by atoms with Crippen LogP contribution in [-0.4, -0.2) is 39.4 Å². The molecule has 3 aromatic carbocycles. The molecule has 2 amide bonds. The standard InChI is InChI=1S/C28H33N3O5S/c1-5-21(4)29-28(33)23-11-7-8-12-24(23)30-27(32)19-31(25-13-9-10-14-26(25)36-6-2)37(34,35)22-17-15-20(3)16-18-22/h7-18,21H,5-6,19H2,1-4H3,(H,29,33)(H,30,32)/t21-/m0/s1. The molecule has 0 bridgehead atoms. The number of nitrogens with zero attached hydrogens (tertiary/aromatic N) is 1. The van der Waals surface area contributed by atoms with Crippen LogP contribution in [0.2, 0.25) is 0 Å². The Balaban J connectivity index is 1.97. The highest BCUT2D eigenvalue weighted by molar-refractivity contribution is 7.92. The predicted octanol–water partition coefficient (Wildman–Crippen LogP) is 4.76. The van der Waals surface area contributed by atoms with Crippen molar-refractivity contribution in [1.82, 2.24) is 5.32 Å². The van der Waals surface area contributed by atoms with Gasteiger partial charge in [0.15, 0.2) is 0 Å². The van der Waals surface area contributed by atoms with Crippen LogP contribution < -0.4 is 19.7 Å². The number of rotatable bonds is 11. The van der Waals surface area contributed by atoms with E-state index in [1.165, 1.54) is 12.1 Å². The molecule has 0 fully saturated rings. The number of hydrogen-bond donors (Lipinski definition) is 2. The van der Waals surface area contributed by atoms with E-state index in [4.69, 9.17) is 4.74 Å². The van der Waals surface area contributed by atoms with E-state index in [0.717, 1.165) is 16.3 Å². The van der Waals surface area contributed by atoms with Crippen LogP contribution in [0.4, 0.5) is 11.4 Å². The van der Waals surface area contributed by atoms with Gasteiger partial charge in [0.1, 0.15) is 12.3 Å². The van der Waals surface area contributed by atoms with Crippen LogP contribution in [0.25, 0.3) is 0 Å².